The molecule has 0 amide bonds. The zero-order valence-corrected chi connectivity index (χ0v) is 15.8. The van der Waals surface area contributed by atoms with Crippen LogP contribution in [-0.2, 0) is 6.18 Å². The molecule has 26 heavy (non-hydrogen) atoms. The van der Waals surface area contributed by atoms with E-state index in [0.29, 0.717) is 12.3 Å². The molecule has 0 aliphatic heterocycles. The van der Waals surface area contributed by atoms with Crippen LogP contribution in [0.2, 0.25) is 5.02 Å². The molecule has 2 rings (SSSR count). The summed E-state index contributed by atoms with van der Waals surface area (Å²) in [5.74, 6) is -2.35. The van der Waals surface area contributed by atoms with Crippen LogP contribution in [0.25, 0.3) is 0 Å². The van der Waals surface area contributed by atoms with Crippen molar-refractivity contribution in [2.24, 2.45) is 0 Å². The molecule has 0 aromatic carbocycles. The fourth-order valence-electron chi connectivity index (χ4n) is 2.12. The fraction of sp³-hybridized carbons (Fsp3) is 0.267. The summed E-state index contributed by atoms with van der Waals surface area (Å²) in [4.78, 5) is 30.5. The Balaban J connectivity index is 2.28. The maximum absolute atomic E-state index is 12.7. The highest BCUT2D eigenvalue weighted by Crippen LogP contribution is 2.34. The zero-order valence-electron chi connectivity index (χ0n) is 12.8. The first-order valence-corrected chi connectivity index (χ1v) is 8.40. The van der Waals surface area contributed by atoms with Gasteiger partial charge in [-0.05, 0) is 19.1 Å². The van der Waals surface area contributed by atoms with Crippen molar-refractivity contribution < 1.29 is 22.8 Å². The molecule has 0 radical (unpaired) electrons. The number of Topliss-reactive ketones (excluding diaryl/α,β-unsaturated/α-hetero) is 2. The molecule has 2 aromatic rings. The number of rotatable bonds is 4. The molecule has 0 bridgehead atoms. The Labute approximate surface area is 165 Å². The molecule has 0 saturated carbocycles. The van der Waals surface area contributed by atoms with Crippen LogP contribution in [0.5, 0.6) is 0 Å². The van der Waals surface area contributed by atoms with Gasteiger partial charge in [0.15, 0.2) is 5.78 Å². The van der Waals surface area contributed by atoms with Crippen LogP contribution in [0.15, 0.2) is 24.5 Å². The number of pyridine rings is 1. The van der Waals surface area contributed by atoms with Crippen LogP contribution in [0, 0.1) is 0 Å². The Hall–Kier alpha value is -1.28. The molecule has 0 spiro atoms. The number of aromatic nitrogens is 2. The summed E-state index contributed by atoms with van der Waals surface area (Å²) in [5.41, 5.74) is -1.09. The van der Waals surface area contributed by atoms with Crippen molar-refractivity contribution in [3.63, 3.8) is 0 Å². The number of halogens is 7. The first-order chi connectivity index (χ1) is 11.8. The number of aromatic amines is 1. The van der Waals surface area contributed by atoms with E-state index in [0.717, 1.165) is 0 Å². The summed E-state index contributed by atoms with van der Waals surface area (Å²) in [7, 11) is 0. The van der Waals surface area contributed by atoms with E-state index in [1.54, 1.807) is 0 Å². The Bertz CT molecular complexity index is 859. The van der Waals surface area contributed by atoms with Gasteiger partial charge >= 0.3 is 6.18 Å². The zero-order chi connectivity index (χ0) is 19.9. The van der Waals surface area contributed by atoms with Crippen LogP contribution in [-0.4, -0.2) is 25.3 Å². The van der Waals surface area contributed by atoms with Gasteiger partial charge in [-0.25, -0.2) is 0 Å². The number of hydrogen-bond donors (Lipinski definition) is 1. The van der Waals surface area contributed by atoms with E-state index in [-0.39, 0.29) is 22.0 Å². The highest BCUT2D eigenvalue weighted by atomic mass is 35.6. The van der Waals surface area contributed by atoms with Gasteiger partial charge in [-0.2, -0.15) is 13.2 Å². The molecule has 0 aliphatic carbocycles. The summed E-state index contributed by atoms with van der Waals surface area (Å²) in [6.45, 7) is 1.42. The van der Waals surface area contributed by atoms with Crippen molar-refractivity contribution in [1.29, 1.82) is 0 Å². The second kappa shape index (κ2) is 7.38. The van der Waals surface area contributed by atoms with Gasteiger partial charge in [-0.1, -0.05) is 46.4 Å². The number of alkyl halides is 6. The van der Waals surface area contributed by atoms with Crippen molar-refractivity contribution >= 4 is 58.0 Å². The predicted octanol–water partition coefficient (Wildman–Crippen LogP) is 5.62. The Kier molecular flexibility index (Phi) is 5.97. The van der Waals surface area contributed by atoms with E-state index < -0.39 is 33.0 Å². The van der Waals surface area contributed by atoms with E-state index in [4.69, 9.17) is 46.4 Å². The maximum atomic E-state index is 12.7. The summed E-state index contributed by atoms with van der Waals surface area (Å²) < 4.78 is 35.8. The lowest BCUT2D eigenvalue weighted by atomic mass is 9.97. The van der Waals surface area contributed by atoms with Crippen molar-refractivity contribution in [1.82, 2.24) is 9.97 Å². The second-order valence-corrected chi connectivity index (χ2v) is 7.99. The summed E-state index contributed by atoms with van der Waals surface area (Å²) in [5, 5.41) is -0.297. The molecule has 0 aliphatic rings. The molecular formula is C15H9Cl4F3N2O2. The average Bonchev–Trinajstić information content (AvgIpc) is 3.00. The molecule has 140 valence electrons. The van der Waals surface area contributed by atoms with Gasteiger partial charge in [-0.3, -0.25) is 14.6 Å². The molecule has 1 N–H and O–H groups in total. The predicted molar refractivity (Wildman–Crippen MR) is 92.4 cm³/mol. The van der Waals surface area contributed by atoms with Gasteiger partial charge in [-0.15, -0.1) is 0 Å². The van der Waals surface area contributed by atoms with E-state index in [1.165, 1.54) is 19.2 Å². The molecule has 1 atom stereocenters. The molecule has 2 heterocycles. The number of H-pyrrole nitrogens is 1. The van der Waals surface area contributed by atoms with Gasteiger partial charge in [0.25, 0.3) is 3.79 Å². The van der Waals surface area contributed by atoms with E-state index in [9.17, 15) is 22.8 Å². The highest BCUT2D eigenvalue weighted by molar-refractivity contribution is 6.77. The van der Waals surface area contributed by atoms with E-state index in [2.05, 4.69) is 9.97 Å². The Morgan fingerprint density at radius 2 is 1.81 bits per heavy atom. The number of nitrogens with zero attached hydrogens (tertiary/aromatic N) is 1. The topological polar surface area (TPSA) is 62.8 Å². The van der Waals surface area contributed by atoms with E-state index >= 15 is 0 Å². The van der Waals surface area contributed by atoms with Crippen molar-refractivity contribution in [2.75, 3.05) is 0 Å². The van der Waals surface area contributed by atoms with Gasteiger partial charge < -0.3 is 4.98 Å². The standard InChI is InChI=1S/C15H9Cl4F3N2O2/c1-6(11-9(16)3-8(5-24-11)15(20,21)22)12(25)7-2-10(23-4-7)13(26)14(17,18)19/h2-6,23H,1H3/t6-/m1/s1. The lowest BCUT2D eigenvalue weighted by molar-refractivity contribution is -0.137. The smallest absolute Gasteiger partial charge is 0.358 e. The van der Waals surface area contributed by atoms with Gasteiger partial charge in [0.2, 0.25) is 5.78 Å². The molecule has 0 saturated heterocycles. The minimum absolute atomic E-state index is 0.0277. The Morgan fingerprint density at radius 1 is 1.19 bits per heavy atom. The number of carbonyl (C=O) groups is 2. The number of hydrogen-bond acceptors (Lipinski definition) is 3. The molecule has 11 heteroatoms. The third kappa shape index (κ3) is 4.52. The van der Waals surface area contributed by atoms with Crippen LogP contribution in [0.1, 0.15) is 44.9 Å². The van der Waals surface area contributed by atoms with Gasteiger partial charge in [0.05, 0.1) is 27.9 Å². The van der Waals surface area contributed by atoms with Crippen molar-refractivity contribution in [3.8, 4) is 0 Å². The minimum atomic E-state index is -4.60. The van der Waals surface area contributed by atoms with Crippen molar-refractivity contribution in [2.45, 2.75) is 22.8 Å². The van der Waals surface area contributed by atoms with Crippen molar-refractivity contribution in [3.05, 3.63) is 52.1 Å². The third-order valence-corrected chi connectivity index (χ3v) is 4.29. The highest BCUT2D eigenvalue weighted by Gasteiger charge is 2.34. The maximum Gasteiger partial charge on any atom is 0.417 e. The second-order valence-electron chi connectivity index (χ2n) is 5.30. The number of carbonyl (C=O) groups excluding carboxylic acids is 2. The summed E-state index contributed by atoms with van der Waals surface area (Å²) in [6, 6.07) is 1.88. The molecular weight excluding hydrogens is 439 g/mol. The van der Waals surface area contributed by atoms with Crippen LogP contribution in [0.3, 0.4) is 0 Å². The Morgan fingerprint density at radius 3 is 2.31 bits per heavy atom. The first-order valence-electron chi connectivity index (χ1n) is 6.89. The lowest BCUT2D eigenvalue weighted by Gasteiger charge is -2.13. The average molecular weight is 448 g/mol. The third-order valence-electron chi connectivity index (χ3n) is 3.47. The van der Waals surface area contributed by atoms with Crippen LogP contribution in [0.4, 0.5) is 13.2 Å². The first kappa shape index (κ1) is 21.0. The lowest BCUT2D eigenvalue weighted by Crippen LogP contribution is -2.19. The molecule has 2 aromatic heterocycles. The fourth-order valence-corrected chi connectivity index (χ4v) is 2.75. The van der Waals surface area contributed by atoms with Gasteiger partial charge in [0, 0.05) is 18.0 Å². The van der Waals surface area contributed by atoms with Gasteiger partial charge in [0.1, 0.15) is 0 Å². The van der Waals surface area contributed by atoms with Crippen LogP contribution >= 0.6 is 46.4 Å². The summed E-state index contributed by atoms with van der Waals surface area (Å²) >= 11 is 22.3. The quantitative estimate of drug-likeness (QED) is 0.488. The summed E-state index contributed by atoms with van der Waals surface area (Å²) in [6.07, 6.45) is -2.78. The van der Waals surface area contributed by atoms with E-state index in [1.807, 2.05) is 0 Å². The minimum Gasteiger partial charge on any atom is -0.358 e. The SMILES string of the molecule is C[C@@H](C(=O)c1c[nH]c(C(=O)C(Cl)(Cl)Cl)c1)c1ncc(C(F)(F)F)cc1Cl. The molecule has 0 unspecified atom stereocenters. The molecule has 0 fully saturated rings. The monoisotopic (exact) mass is 446 g/mol. The number of ketones is 2. The molecule has 4 nitrogen and oxygen atoms in total. The van der Waals surface area contributed by atoms with Crippen LogP contribution < -0.4 is 0 Å². The number of nitrogens with one attached hydrogen (secondary N) is 1. The largest absolute Gasteiger partial charge is 0.417 e. The normalized spacial score (nSPS) is 13.5.